The van der Waals surface area contributed by atoms with Crippen LogP contribution in [0.1, 0.15) is 109 Å². The summed E-state index contributed by atoms with van der Waals surface area (Å²) < 4.78 is 12.2. The summed E-state index contributed by atoms with van der Waals surface area (Å²) in [6.07, 6.45) is 1.06. The molecule has 1 saturated carbocycles. The zero-order chi connectivity index (χ0) is 39.3. The third kappa shape index (κ3) is 7.24. The van der Waals surface area contributed by atoms with Gasteiger partial charge in [-0.1, -0.05) is 49.5 Å². The summed E-state index contributed by atoms with van der Waals surface area (Å²) >= 11 is 0. The van der Waals surface area contributed by atoms with Crippen LogP contribution in [0, 0.1) is 23.7 Å². The molecule has 5 N–H and O–H groups in total. The maximum Gasteiger partial charge on any atom is 0.334 e. The molecular formula is C46H48O10. The Balaban J connectivity index is 1.38. The lowest BCUT2D eigenvalue weighted by atomic mass is 9.66. The number of aliphatic hydroxyl groups excluding tert-OH is 2. The second kappa shape index (κ2) is 15.2. The van der Waals surface area contributed by atoms with Crippen molar-refractivity contribution in [3.8, 4) is 29.1 Å². The van der Waals surface area contributed by atoms with E-state index < -0.39 is 47.5 Å². The lowest BCUT2D eigenvalue weighted by Gasteiger charge is -2.45. The van der Waals surface area contributed by atoms with Crippen molar-refractivity contribution in [1.82, 2.24) is 0 Å². The van der Waals surface area contributed by atoms with Crippen molar-refractivity contribution in [2.75, 3.05) is 0 Å². The number of Topliss-reactive ketones (excluding diaryl/α,β-unsaturated/α-hetero) is 1. The van der Waals surface area contributed by atoms with Crippen LogP contribution in [-0.2, 0) is 51.4 Å². The van der Waals surface area contributed by atoms with Gasteiger partial charge in [0.25, 0.3) is 0 Å². The highest BCUT2D eigenvalue weighted by Gasteiger charge is 2.49. The molecular weight excluding hydrogens is 712 g/mol. The van der Waals surface area contributed by atoms with Gasteiger partial charge in [0.15, 0.2) is 0 Å². The van der Waals surface area contributed by atoms with Gasteiger partial charge in [-0.15, -0.1) is 0 Å². The van der Waals surface area contributed by atoms with Crippen molar-refractivity contribution in [1.29, 1.82) is 0 Å². The van der Waals surface area contributed by atoms with Gasteiger partial charge in [-0.3, -0.25) is 9.59 Å². The fourth-order valence-corrected chi connectivity index (χ4v) is 9.88. The maximum atomic E-state index is 15.1. The van der Waals surface area contributed by atoms with Crippen molar-refractivity contribution in [3.05, 3.63) is 98.6 Å². The van der Waals surface area contributed by atoms with Crippen LogP contribution in [0.15, 0.2) is 59.7 Å². The molecule has 7 atom stereocenters. The Labute approximate surface area is 326 Å². The van der Waals surface area contributed by atoms with E-state index in [4.69, 9.17) is 9.47 Å². The first kappa shape index (κ1) is 37.9. The summed E-state index contributed by atoms with van der Waals surface area (Å²) in [5.74, 6) is 3.14. The van der Waals surface area contributed by atoms with Gasteiger partial charge >= 0.3 is 11.9 Å². The van der Waals surface area contributed by atoms with E-state index in [1.165, 1.54) is 18.2 Å². The van der Waals surface area contributed by atoms with E-state index in [0.29, 0.717) is 66.4 Å². The van der Waals surface area contributed by atoms with Gasteiger partial charge in [0.2, 0.25) is 0 Å². The molecule has 0 aromatic heterocycles. The summed E-state index contributed by atoms with van der Waals surface area (Å²) in [6.45, 7) is 1.60. The number of aliphatic hydroxyl groups is 3. The molecule has 3 heterocycles. The topological polar surface area (TPSA) is 171 Å². The Hall–Kier alpha value is -4.95. The number of benzene rings is 3. The van der Waals surface area contributed by atoms with E-state index in [1.54, 1.807) is 12.1 Å². The number of esters is 2. The third-order valence-corrected chi connectivity index (χ3v) is 12.8. The molecule has 8 rings (SSSR count). The number of ketones is 1. The summed E-state index contributed by atoms with van der Waals surface area (Å²) in [6, 6.07) is 13.9. The van der Waals surface area contributed by atoms with Crippen molar-refractivity contribution >= 4 is 17.7 Å². The number of carbonyl (C=O) groups is 3. The molecule has 292 valence electrons. The molecule has 0 spiro atoms. The van der Waals surface area contributed by atoms with Gasteiger partial charge in [0.05, 0.1) is 25.0 Å². The molecule has 10 heteroatoms. The first-order chi connectivity index (χ1) is 26.9. The lowest BCUT2D eigenvalue weighted by molar-refractivity contribution is -0.176. The minimum absolute atomic E-state index is 0.0417. The Morgan fingerprint density at radius 2 is 1.68 bits per heavy atom. The predicted molar refractivity (Wildman–Crippen MR) is 205 cm³/mol. The quantitative estimate of drug-likeness (QED) is 0.129. The Morgan fingerprint density at radius 1 is 0.857 bits per heavy atom. The van der Waals surface area contributed by atoms with E-state index in [2.05, 4.69) is 24.0 Å². The Morgan fingerprint density at radius 3 is 2.48 bits per heavy atom. The third-order valence-electron chi connectivity index (χ3n) is 12.8. The zero-order valence-corrected chi connectivity index (χ0v) is 31.6. The fourth-order valence-electron chi connectivity index (χ4n) is 9.88. The SMILES string of the molecule is CCCC1(O)C2CCC(=O)C(Cc3ccc4c(c3)CC(O)C(=C3CC(c5cc(O)cc(CO)c5)C#CC5CC(=O)Oc6cc(O)c(cc65)CC1OC3=O)CC4)C2. The molecule has 7 unspecified atom stereocenters. The molecule has 3 aliphatic heterocycles. The van der Waals surface area contributed by atoms with E-state index in [0.717, 1.165) is 16.7 Å². The van der Waals surface area contributed by atoms with Crippen LogP contribution in [0.2, 0.25) is 0 Å². The molecule has 0 amide bonds. The van der Waals surface area contributed by atoms with Crippen LogP contribution in [0.3, 0.4) is 0 Å². The molecule has 5 aliphatic rings. The van der Waals surface area contributed by atoms with Gasteiger partial charge in [-0.2, -0.15) is 0 Å². The summed E-state index contributed by atoms with van der Waals surface area (Å²) in [4.78, 5) is 41.5. The van der Waals surface area contributed by atoms with Crippen molar-refractivity contribution in [2.24, 2.45) is 11.8 Å². The van der Waals surface area contributed by atoms with Crippen molar-refractivity contribution in [3.63, 3.8) is 0 Å². The van der Waals surface area contributed by atoms with Crippen molar-refractivity contribution < 1.29 is 49.4 Å². The number of aryl methyl sites for hydroxylation is 1. The fraction of sp³-hybridized carbons (Fsp3) is 0.457. The molecule has 2 aliphatic carbocycles. The summed E-state index contributed by atoms with van der Waals surface area (Å²) in [5.41, 5.74) is 3.97. The standard InChI is InChI=1S/C46H48O10/c1-2-11-46(54)34-8-10-39(49)32(16-34)13-25-3-4-27-7-9-36(41(51)20-31(27)12-25)38-18-28(30-14-26(24-47)15-35(48)17-30)5-6-29-22-44(52)55-42-23-40(50)33(19-37(29)42)21-43(46)56-45(38)53/h3-4,12,14-15,17,19,23,28-29,32,34,41,43,47-48,50-51,54H,2,7-11,13,16,18,20-22,24H2,1H3. The Kier molecular flexibility index (Phi) is 10.3. The molecule has 0 saturated heterocycles. The highest BCUT2D eigenvalue weighted by molar-refractivity contribution is 5.90. The highest BCUT2D eigenvalue weighted by atomic mass is 16.6. The minimum Gasteiger partial charge on any atom is -0.508 e. The van der Waals surface area contributed by atoms with E-state index in [9.17, 15) is 35.1 Å². The number of phenolic OH excluding ortho intramolecular Hbond substituents is 2. The van der Waals surface area contributed by atoms with Gasteiger partial charge in [0.1, 0.15) is 34.7 Å². The molecule has 9 bridgehead atoms. The highest BCUT2D eigenvalue weighted by Crippen LogP contribution is 2.46. The van der Waals surface area contributed by atoms with Crippen LogP contribution in [0.25, 0.3) is 0 Å². The number of aromatic hydroxyl groups is 2. The monoisotopic (exact) mass is 760 g/mol. The lowest BCUT2D eigenvalue weighted by Crippen LogP contribution is -2.54. The van der Waals surface area contributed by atoms with Crippen molar-refractivity contribution in [2.45, 2.75) is 120 Å². The number of phenols is 2. The van der Waals surface area contributed by atoms with Crippen LogP contribution in [-0.4, -0.2) is 61.1 Å². The smallest absolute Gasteiger partial charge is 0.334 e. The predicted octanol–water partition coefficient (Wildman–Crippen LogP) is 5.55. The maximum absolute atomic E-state index is 15.1. The summed E-state index contributed by atoms with van der Waals surface area (Å²) in [5, 5.41) is 57.4. The Bertz CT molecular complexity index is 2190. The van der Waals surface area contributed by atoms with E-state index in [-0.39, 0.29) is 79.7 Å². The van der Waals surface area contributed by atoms with Crippen LogP contribution in [0.5, 0.6) is 17.2 Å². The van der Waals surface area contributed by atoms with E-state index >= 15 is 4.79 Å². The van der Waals surface area contributed by atoms with Crippen LogP contribution in [0.4, 0.5) is 0 Å². The number of hydrogen-bond donors (Lipinski definition) is 5. The average Bonchev–Trinajstić information content (AvgIpc) is 3.31. The molecule has 3 aromatic carbocycles. The molecule has 1 fully saturated rings. The van der Waals surface area contributed by atoms with Gasteiger partial charge < -0.3 is 35.0 Å². The molecule has 10 nitrogen and oxygen atoms in total. The van der Waals surface area contributed by atoms with Crippen LogP contribution >= 0.6 is 0 Å². The second-order valence-corrected chi connectivity index (χ2v) is 16.4. The van der Waals surface area contributed by atoms with Gasteiger partial charge in [-0.25, -0.2) is 4.79 Å². The number of hydrogen-bond acceptors (Lipinski definition) is 10. The molecule has 56 heavy (non-hydrogen) atoms. The van der Waals surface area contributed by atoms with Gasteiger partial charge in [-0.05, 0) is 108 Å². The molecule has 3 aromatic rings. The largest absolute Gasteiger partial charge is 0.508 e. The second-order valence-electron chi connectivity index (χ2n) is 16.4. The molecule has 0 radical (unpaired) electrons. The normalized spacial score (nSPS) is 28.8. The number of rotatable bonds is 4. The zero-order valence-electron chi connectivity index (χ0n) is 31.6. The van der Waals surface area contributed by atoms with E-state index in [1.807, 2.05) is 13.0 Å². The number of carbonyl (C=O) groups excluding carboxylic acids is 3. The van der Waals surface area contributed by atoms with Crippen LogP contribution < -0.4 is 4.74 Å². The minimum atomic E-state index is -1.61. The number of ether oxygens (including phenoxy) is 2. The van der Waals surface area contributed by atoms with Gasteiger partial charge in [0, 0.05) is 48.3 Å². The average molecular weight is 761 g/mol. The number of fused-ring (bicyclic) bond motifs is 9. The summed E-state index contributed by atoms with van der Waals surface area (Å²) in [7, 11) is 0. The first-order valence-electron chi connectivity index (χ1n) is 19.9. The first-order valence-corrected chi connectivity index (χ1v) is 19.9.